The topological polar surface area (TPSA) is 78.0 Å². The predicted molar refractivity (Wildman–Crippen MR) is 77.9 cm³/mol. The molecule has 3 rings (SSSR count). The van der Waals surface area contributed by atoms with E-state index in [9.17, 15) is 8.42 Å². The Morgan fingerprint density at radius 3 is 2.50 bits per heavy atom. The number of fused-ring (bicyclic) bond motifs is 1. The Bertz CT molecular complexity index is 883. The minimum absolute atomic E-state index is 0.209. The lowest BCUT2D eigenvalue weighted by atomic mass is 10.3. The predicted octanol–water partition coefficient (Wildman–Crippen LogP) is 2.16. The monoisotopic (exact) mass is 287 g/mol. The van der Waals surface area contributed by atoms with E-state index in [1.807, 2.05) is 6.92 Å². The number of benzene rings is 1. The van der Waals surface area contributed by atoms with E-state index in [1.54, 1.807) is 42.5 Å². The van der Waals surface area contributed by atoms with E-state index in [0.717, 1.165) is 9.67 Å². The summed E-state index contributed by atoms with van der Waals surface area (Å²) in [7, 11) is -3.69. The molecule has 1 aromatic carbocycles. The van der Waals surface area contributed by atoms with Crippen LogP contribution in [0.4, 0.5) is 5.69 Å². The van der Waals surface area contributed by atoms with Gasteiger partial charge in [0.2, 0.25) is 0 Å². The van der Waals surface area contributed by atoms with Gasteiger partial charge in [0.25, 0.3) is 10.0 Å². The van der Waals surface area contributed by atoms with Gasteiger partial charge in [0.15, 0.2) is 5.65 Å². The molecule has 20 heavy (non-hydrogen) atoms. The van der Waals surface area contributed by atoms with Gasteiger partial charge in [0, 0.05) is 17.3 Å². The zero-order chi connectivity index (χ0) is 14.3. The Labute approximate surface area is 116 Å². The average molecular weight is 287 g/mol. The molecule has 5 nitrogen and oxygen atoms in total. The van der Waals surface area contributed by atoms with E-state index in [-0.39, 0.29) is 4.90 Å². The molecule has 2 aromatic heterocycles. The molecule has 0 bridgehead atoms. The first-order chi connectivity index (χ1) is 9.50. The number of nitrogens with zero attached hydrogens (tertiary/aromatic N) is 2. The molecule has 0 saturated carbocycles. The van der Waals surface area contributed by atoms with Crippen LogP contribution >= 0.6 is 0 Å². The fourth-order valence-electron chi connectivity index (χ4n) is 2.08. The third kappa shape index (κ3) is 1.85. The van der Waals surface area contributed by atoms with Gasteiger partial charge in [0.05, 0.1) is 10.6 Å². The SMILES string of the molecule is Cc1ccc2c(N)cn(S(=O)(=O)c3ccccc3)c2n1. The maximum atomic E-state index is 12.6. The summed E-state index contributed by atoms with van der Waals surface area (Å²) in [6.07, 6.45) is 1.40. The molecule has 0 saturated heterocycles. The molecule has 0 fully saturated rings. The van der Waals surface area contributed by atoms with E-state index < -0.39 is 10.0 Å². The quantitative estimate of drug-likeness (QED) is 0.783. The summed E-state index contributed by atoms with van der Waals surface area (Å²) in [6, 6.07) is 11.8. The van der Waals surface area contributed by atoms with Crippen molar-refractivity contribution in [3.8, 4) is 0 Å². The van der Waals surface area contributed by atoms with E-state index in [1.165, 1.54) is 6.20 Å². The summed E-state index contributed by atoms with van der Waals surface area (Å²) < 4.78 is 26.4. The minimum Gasteiger partial charge on any atom is -0.397 e. The zero-order valence-corrected chi connectivity index (χ0v) is 11.6. The highest BCUT2D eigenvalue weighted by molar-refractivity contribution is 7.90. The van der Waals surface area contributed by atoms with E-state index in [0.29, 0.717) is 16.7 Å². The van der Waals surface area contributed by atoms with Gasteiger partial charge in [-0.15, -0.1) is 0 Å². The van der Waals surface area contributed by atoms with Crippen LogP contribution in [0.15, 0.2) is 53.6 Å². The summed E-state index contributed by atoms with van der Waals surface area (Å²) in [6.45, 7) is 1.81. The summed E-state index contributed by atoms with van der Waals surface area (Å²) in [5.74, 6) is 0. The van der Waals surface area contributed by atoms with Crippen LogP contribution in [-0.4, -0.2) is 17.4 Å². The highest BCUT2D eigenvalue weighted by Gasteiger charge is 2.21. The van der Waals surface area contributed by atoms with E-state index in [4.69, 9.17) is 5.73 Å². The molecule has 0 aliphatic rings. The number of anilines is 1. The molecule has 102 valence electrons. The molecule has 3 aromatic rings. The lowest BCUT2D eigenvalue weighted by molar-refractivity contribution is 0.589. The first kappa shape index (κ1) is 12.7. The van der Waals surface area contributed by atoms with Gasteiger partial charge in [-0.2, -0.15) is 0 Å². The molecular weight excluding hydrogens is 274 g/mol. The third-order valence-corrected chi connectivity index (χ3v) is 4.75. The van der Waals surface area contributed by atoms with Crippen LogP contribution in [0.1, 0.15) is 5.69 Å². The molecule has 2 N–H and O–H groups in total. The number of pyridine rings is 1. The first-order valence-electron chi connectivity index (χ1n) is 6.05. The number of hydrogen-bond donors (Lipinski definition) is 1. The summed E-state index contributed by atoms with van der Waals surface area (Å²) >= 11 is 0. The minimum atomic E-state index is -3.69. The summed E-state index contributed by atoms with van der Waals surface area (Å²) in [4.78, 5) is 4.50. The maximum Gasteiger partial charge on any atom is 0.269 e. The first-order valence-corrected chi connectivity index (χ1v) is 7.49. The molecule has 0 spiro atoms. The normalized spacial score (nSPS) is 11.8. The van der Waals surface area contributed by atoms with Gasteiger partial charge in [-0.3, -0.25) is 0 Å². The standard InChI is InChI=1S/C14H13N3O2S/c1-10-7-8-12-13(15)9-17(14(12)16-10)20(18,19)11-5-3-2-4-6-11/h2-9H,15H2,1H3. The van der Waals surface area contributed by atoms with Crippen LogP contribution in [0.2, 0.25) is 0 Å². The Balaban J connectivity index is 2.33. The van der Waals surface area contributed by atoms with Gasteiger partial charge in [0.1, 0.15) is 0 Å². The van der Waals surface area contributed by atoms with Crippen molar-refractivity contribution in [3.05, 3.63) is 54.4 Å². The third-order valence-electron chi connectivity index (χ3n) is 3.09. The second-order valence-corrected chi connectivity index (χ2v) is 6.34. The summed E-state index contributed by atoms with van der Waals surface area (Å²) in [5.41, 5.74) is 7.36. The average Bonchev–Trinajstić information content (AvgIpc) is 2.77. The van der Waals surface area contributed by atoms with Crippen LogP contribution in [0.5, 0.6) is 0 Å². The highest BCUT2D eigenvalue weighted by atomic mass is 32.2. The Hall–Kier alpha value is -2.34. The largest absolute Gasteiger partial charge is 0.397 e. The second-order valence-electron chi connectivity index (χ2n) is 4.52. The molecule has 0 aliphatic carbocycles. The van der Waals surface area contributed by atoms with Gasteiger partial charge < -0.3 is 5.73 Å². The summed E-state index contributed by atoms with van der Waals surface area (Å²) in [5, 5.41) is 0.634. The Kier molecular flexibility index (Phi) is 2.76. The van der Waals surface area contributed by atoms with Crippen LogP contribution in [0.3, 0.4) is 0 Å². The molecule has 0 amide bonds. The Morgan fingerprint density at radius 1 is 1.10 bits per heavy atom. The lowest BCUT2D eigenvalue weighted by Gasteiger charge is -2.06. The van der Waals surface area contributed by atoms with Crippen molar-refractivity contribution in [3.63, 3.8) is 0 Å². The van der Waals surface area contributed by atoms with Crippen molar-refractivity contribution < 1.29 is 8.42 Å². The van der Waals surface area contributed by atoms with Crippen LogP contribution in [0.25, 0.3) is 11.0 Å². The molecule has 0 atom stereocenters. The molecule has 6 heteroatoms. The van der Waals surface area contributed by atoms with Crippen LogP contribution in [0, 0.1) is 6.92 Å². The molecule has 0 radical (unpaired) electrons. The number of nitrogen functional groups attached to an aromatic ring is 1. The van der Waals surface area contributed by atoms with E-state index >= 15 is 0 Å². The van der Waals surface area contributed by atoms with Crippen molar-refractivity contribution in [2.75, 3.05) is 5.73 Å². The molecular formula is C14H13N3O2S. The van der Waals surface area contributed by atoms with Crippen molar-refractivity contribution >= 4 is 26.7 Å². The van der Waals surface area contributed by atoms with Crippen molar-refractivity contribution in [1.29, 1.82) is 0 Å². The zero-order valence-electron chi connectivity index (χ0n) is 10.8. The van der Waals surface area contributed by atoms with Crippen molar-refractivity contribution in [2.45, 2.75) is 11.8 Å². The van der Waals surface area contributed by atoms with Gasteiger partial charge in [-0.25, -0.2) is 17.4 Å². The number of aromatic nitrogens is 2. The van der Waals surface area contributed by atoms with Gasteiger partial charge in [-0.1, -0.05) is 18.2 Å². The van der Waals surface area contributed by atoms with Gasteiger partial charge >= 0.3 is 0 Å². The van der Waals surface area contributed by atoms with Gasteiger partial charge in [-0.05, 0) is 31.2 Å². The Morgan fingerprint density at radius 2 is 1.80 bits per heavy atom. The second kappa shape index (κ2) is 4.35. The van der Waals surface area contributed by atoms with Crippen LogP contribution in [-0.2, 0) is 10.0 Å². The fraction of sp³-hybridized carbons (Fsp3) is 0.0714. The number of nitrogens with two attached hydrogens (primary N) is 1. The lowest BCUT2D eigenvalue weighted by Crippen LogP contribution is -2.12. The molecule has 2 heterocycles. The number of rotatable bonds is 2. The van der Waals surface area contributed by atoms with E-state index in [2.05, 4.69) is 4.98 Å². The fourth-order valence-corrected chi connectivity index (χ4v) is 3.43. The number of hydrogen-bond acceptors (Lipinski definition) is 4. The smallest absolute Gasteiger partial charge is 0.269 e. The maximum absolute atomic E-state index is 12.6. The number of aryl methyl sites for hydroxylation is 1. The van der Waals surface area contributed by atoms with Crippen LogP contribution < -0.4 is 5.73 Å². The van der Waals surface area contributed by atoms with Crippen molar-refractivity contribution in [2.24, 2.45) is 0 Å². The molecule has 0 unspecified atom stereocenters. The molecule has 0 aliphatic heterocycles. The van der Waals surface area contributed by atoms with Crippen molar-refractivity contribution in [1.82, 2.24) is 8.96 Å². The highest BCUT2D eigenvalue weighted by Crippen LogP contribution is 2.26.